The Morgan fingerprint density at radius 2 is 1.80 bits per heavy atom. The Morgan fingerprint density at radius 3 is 2.40 bits per heavy atom. The minimum atomic E-state index is -3.87. The van der Waals surface area contributed by atoms with Crippen LogP contribution in [-0.4, -0.2) is 44.4 Å². The summed E-state index contributed by atoms with van der Waals surface area (Å²) in [6, 6.07) is 13.0. The van der Waals surface area contributed by atoms with Gasteiger partial charge in [-0.15, -0.1) is 0 Å². The zero-order chi connectivity index (χ0) is 21.7. The van der Waals surface area contributed by atoms with Crippen LogP contribution in [-0.2, 0) is 26.1 Å². The maximum atomic E-state index is 13.6. The summed E-state index contributed by atoms with van der Waals surface area (Å²) in [5.74, 6) is -0.326. The number of nitrogens with one attached hydrogen (secondary N) is 1. The molecule has 0 bridgehead atoms. The molecule has 0 aromatic heterocycles. The van der Waals surface area contributed by atoms with E-state index in [9.17, 15) is 13.2 Å². The van der Waals surface area contributed by atoms with E-state index in [4.69, 9.17) is 4.74 Å². The zero-order valence-electron chi connectivity index (χ0n) is 17.8. The van der Waals surface area contributed by atoms with Crippen molar-refractivity contribution in [2.45, 2.75) is 51.2 Å². The molecular weight excluding hydrogens is 400 g/mol. The van der Waals surface area contributed by atoms with Gasteiger partial charge in [0.05, 0.1) is 17.5 Å². The molecule has 1 aliphatic rings. The topological polar surface area (TPSA) is 75.7 Å². The fourth-order valence-electron chi connectivity index (χ4n) is 3.96. The lowest BCUT2D eigenvalue weighted by atomic mass is 10.1. The summed E-state index contributed by atoms with van der Waals surface area (Å²) >= 11 is 0. The molecule has 0 radical (unpaired) electrons. The first-order chi connectivity index (χ1) is 14.3. The van der Waals surface area contributed by atoms with Gasteiger partial charge in [0.2, 0.25) is 15.9 Å². The summed E-state index contributed by atoms with van der Waals surface area (Å²) in [4.78, 5) is 12.9. The fraction of sp³-hybridized carbons (Fsp3) is 0.435. The highest BCUT2D eigenvalue weighted by atomic mass is 32.2. The van der Waals surface area contributed by atoms with Gasteiger partial charge in [-0.3, -0.25) is 4.79 Å². The van der Waals surface area contributed by atoms with Gasteiger partial charge in [-0.2, -0.15) is 4.31 Å². The molecule has 1 amide bonds. The van der Waals surface area contributed by atoms with Crippen LogP contribution in [0.4, 0.5) is 0 Å². The Bertz CT molecular complexity index is 961. The van der Waals surface area contributed by atoms with E-state index in [0.29, 0.717) is 24.3 Å². The van der Waals surface area contributed by atoms with Crippen LogP contribution in [0, 0.1) is 20.8 Å². The molecule has 0 aliphatic carbocycles. The molecule has 2 aromatic rings. The number of aryl methyl sites for hydroxylation is 3. The van der Waals surface area contributed by atoms with E-state index >= 15 is 0 Å². The Hall–Kier alpha value is -2.22. The average molecular weight is 431 g/mol. The summed E-state index contributed by atoms with van der Waals surface area (Å²) in [6.45, 7) is 6.54. The number of benzene rings is 2. The van der Waals surface area contributed by atoms with Crippen LogP contribution in [0.3, 0.4) is 0 Å². The average Bonchev–Trinajstić information content (AvgIpc) is 3.19. The molecule has 0 saturated carbocycles. The molecule has 1 saturated heterocycles. The molecule has 1 atom stereocenters. The van der Waals surface area contributed by atoms with Gasteiger partial charge in [-0.1, -0.05) is 48.0 Å². The Morgan fingerprint density at radius 1 is 1.13 bits per heavy atom. The molecule has 1 N–H and O–H groups in total. The van der Waals surface area contributed by atoms with Gasteiger partial charge in [0.15, 0.2) is 0 Å². The first-order valence-electron chi connectivity index (χ1n) is 10.3. The molecule has 2 aromatic carbocycles. The van der Waals surface area contributed by atoms with E-state index in [1.807, 2.05) is 49.4 Å². The lowest BCUT2D eigenvalue weighted by molar-refractivity contribution is -0.121. The van der Waals surface area contributed by atoms with Crippen molar-refractivity contribution < 1.29 is 17.9 Å². The molecule has 1 heterocycles. The highest BCUT2D eigenvalue weighted by Gasteiger charge is 2.30. The Balaban J connectivity index is 1.85. The standard InChI is InChI=1S/C23H30N2O4S/c1-17-12-18(2)23(19(3)13-17)30(27,28)25(15-20-8-5-4-6-9-20)16-22(26)24-14-21-10-7-11-29-21/h4-6,8-9,12-13,21H,7,10-11,14-16H2,1-3H3,(H,24,26). The Labute approximate surface area is 179 Å². The van der Waals surface area contributed by atoms with Crippen LogP contribution in [0.2, 0.25) is 0 Å². The number of rotatable bonds is 8. The number of nitrogens with zero attached hydrogens (tertiary/aromatic N) is 1. The van der Waals surface area contributed by atoms with Crippen molar-refractivity contribution >= 4 is 15.9 Å². The number of ether oxygens (including phenoxy) is 1. The van der Waals surface area contributed by atoms with Crippen molar-refractivity contribution in [3.8, 4) is 0 Å². The highest BCUT2D eigenvalue weighted by Crippen LogP contribution is 2.26. The number of carbonyl (C=O) groups is 1. The normalized spacial score (nSPS) is 16.7. The highest BCUT2D eigenvalue weighted by molar-refractivity contribution is 7.89. The van der Waals surface area contributed by atoms with Gasteiger partial charge < -0.3 is 10.1 Å². The van der Waals surface area contributed by atoms with E-state index in [0.717, 1.165) is 24.0 Å². The quantitative estimate of drug-likeness (QED) is 0.698. The summed E-state index contributed by atoms with van der Waals surface area (Å²) < 4.78 is 34.0. The molecule has 0 spiro atoms. The van der Waals surface area contributed by atoms with Gasteiger partial charge >= 0.3 is 0 Å². The number of carbonyl (C=O) groups excluding carboxylic acids is 1. The van der Waals surface area contributed by atoms with E-state index in [-0.39, 0.29) is 30.0 Å². The van der Waals surface area contributed by atoms with Gasteiger partial charge in [0.1, 0.15) is 0 Å². The summed E-state index contributed by atoms with van der Waals surface area (Å²) in [5.41, 5.74) is 3.21. The second-order valence-corrected chi connectivity index (χ2v) is 9.80. The maximum absolute atomic E-state index is 13.6. The maximum Gasteiger partial charge on any atom is 0.244 e. The van der Waals surface area contributed by atoms with E-state index in [2.05, 4.69) is 5.32 Å². The van der Waals surface area contributed by atoms with Crippen molar-refractivity contribution in [1.29, 1.82) is 0 Å². The Kier molecular flexibility index (Phi) is 7.28. The van der Waals surface area contributed by atoms with Crippen LogP contribution >= 0.6 is 0 Å². The second kappa shape index (κ2) is 9.73. The summed E-state index contributed by atoms with van der Waals surface area (Å²) in [7, 11) is -3.87. The lowest BCUT2D eigenvalue weighted by Crippen LogP contribution is -2.42. The lowest BCUT2D eigenvalue weighted by Gasteiger charge is -2.24. The molecule has 30 heavy (non-hydrogen) atoms. The third kappa shape index (κ3) is 5.47. The molecule has 6 nitrogen and oxygen atoms in total. The van der Waals surface area contributed by atoms with E-state index in [1.54, 1.807) is 13.8 Å². The van der Waals surface area contributed by atoms with Crippen LogP contribution in [0.5, 0.6) is 0 Å². The van der Waals surface area contributed by atoms with Gasteiger partial charge in [0, 0.05) is 19.7 Å². The van der Waals surface area contributed by atoms with Gasteiger partial charge in [-0.05, 0) is 50.3 Å². The van der Waals surface area contributed by atoms with Crippen molar-refractivity contribution in [2.24, 2.45) is 0 Å². The second-order valence-electron chi connectivity index (χ2n) is 7.93. The molecule has 1 unspecified atom stereocenters. The minimum absolute atomic E-state index is 0.00900. The molecule has 162 valence electrons. The summed E-state index contributed by atoms with van der Waals surface area (Å²) in [5, 5.41) is 2.83. The molecule has 1 aliphatic heterocycles. The number of hydrogen-bond donors (Lipinski definition) is 1. The first kappa shape index (κ1) is 22.5. The third-order valence-corrected chi connectivity index (χ3v) is 7.37. The number of amides is 1. The van der Waals surface area contributed by atoms with Crippen LogP contribution in [0.15, 0.2) is 47.4 Å². The van der Waals surface area contributed by atoms with Crippen molar-refractivity contribution in [3.63, 3.8) is 0 Å². The van der Waals surface area contributed by atoms with Crippen molar-refractivity contribution in [2.75, 3.05) is 19.7 Å². The van der Waals surface area contributed by atoms with Crippen LogP contribution < -0.4 is 5.32 Å². The van der Waals surface area contributed by atoms with Crippen molar-refractivity contribution in [3.05, 3.63) is 64.7 Å². The smallest absolute Gasteiger partial charge is 0.244 e. The van der Waals surface area contributed by atoms with Gasteiger partial charge in [0.25, 0.3) is 0 Å². The monoisotopic (exact) mass is 430 g/mol. The molecular formula is C23H30N2O4S. The fourth-order valence-corrected chi connectivity index (χ4v) is 5.76. The largest absolute Gasteiger partial charge is 0.376 e. The molecule has 3 rings (SSSR count). The number of sulfonamides is 1. The SMILES string of the molecule is Cc1cc(C)c(S(=O)(=O)N(CC(=O)NCC2CCCO2)Cc2ccccc2)c(C)c1. The van der Waals surface area contributed by atoms with Crippen LogP contribution in [0.1, 0.15) is 35.1 Å². The number of hydrogen-bond acceptors (Lipinski definition) is 4. The van der Waals surface area contributed by atoms with Gasteiger partial charge in [-0.25, -0.2) is 8.42 Å². The molecule has 7 heteroatoms. The predicted molar refractivity (Wildman–Crippen MR) is 117 cm³/mol. The summed E-state index contributed by atoms with van der Waals surface area (Å²) in [6.07, 6.45) is 1.91. The van der Waals surface area contributed by atoms with E-state index < -0.39 is 10.0 Å². The zero-order valence-corrected chi connectivity index (χ0v) is 18.7. The molecule has 1 fully saturated rings. The van der Waals surface area contributed by atoms with E-state index in [1.165, 1.54) is 4.31 Å². The minimum Gasteiger partial charge on any atom is -0.376 e. The van der Waals surface area contributed by atoms with Crippen molar-refractivity contribution in [1.82, 2.24) is 9.62 Å². The predicted octanol–water partition coefficient (Wildman–Crippen LogP) is 3.10. The van der Waals surface area contributed by atoms with Crippen LogP contribution in [0.25, 0.3) is 0 Å². The third-order valence-electron chi connectivity index (χ3n) is 5.28. The first-order valence-corrected chi connectivity index (χ1v) is 11.7.